The van der Waals surface area contributed by atoms with Gasteiger partial charge in [0.15, 0.2) is 5.82 Å². The van der Waals surface area contributed by atoms with Crippen molar-refractivity contribution in [1.82, 2.24) is 14.9 Å². The number of aromatic nitrogens is 2. The lowest BCUT2D eigenvalue weighted by Gasteiger charge is -2.62. The van der Waals surface area contributed by atoms with Gasteiger partial charge in [-0.05, 0) is 42.2 Å². The number of carbonyl (C=O) groups excluding carboxylic acids is 1. The van der Waals surface area contributed by atoms with Crippen LogP contribution in [-0.4, -0.2) is 45.5 Å². The van der Waals surface area contributed by atoms with E-state index in [1.54, 1.807) is 4.90 Å². The summed E-state index contributed by atoms with van der Waals surface area (Å²) in [6.45, 7) is 0.762. The Morgan fingerprint density at radius 3 is 2.50 bits per heavy atom. The molecular formula is C21H19F3N4O2. The number of carbonyl (C=O) groups is 1. The lowest BCUT2D eigenvalue weighted by atomic mass is 9.53. The van der Waals surface area contributed by atoms with E-state index >= 15 is 0 Å². The van der Waals surface area contributed by atoms with E-state index in [-0.39, 0.29) is 52.9 Å². The fourth-order valence-corrected chi connectivity index (χ4v) is 5.09. The highest BCUT2D eigenvalue weighted by molar-refractivity contribution is 5.93. The van der Waals surface area contributed by atoms with Crippen molar-refractivity contribution in [2.24, 2.45) is 11.1 Å². The zero-order valence-electron chi connectivity index (χ0n) is 15.9. The summed E-state index contributed by atoms with van der Waals surface area (Å²) in [5.41, 5.74) is 3.71. The van der Waals surface area contributed by atoms with Gasteiger partial charge in [0.1, 0.15) is 17.3 Å². The molecule has 2 fully saturated rings. The first kappa shape index (κ1) is 19.1. The van der Waals surface area contributed by atoms with E-state index in [1.807, 2.05) is 0 Å². The summed E-state index contributed by atoms with van der Waals surface area (Å²) >= 11 is 0. The number of rotatable bonds is 3. The van der Waals surface area contributed by atoms with Gasteiger partial charge in [0, 0.05) is 30.9 Å². The fourth-order valence-electron chi connectivity index (χ4n) is 5.09. The molecule has 1 saturated heterocycles. The molecule has 9 heteroatoms. The van der Waals surface area contributed by atoms with E-state index in [2.05, 4.69) is 9.97 Å². The highest BCUT2D eigenvalue weighted by atomic mass is 19.1. The van der Waals surface area contributed by atoms with Gasteiger partial charge in [-0.15, -0.1) is 0 Å². The summed E-state index contributed by atoms with van der Waals surface area (Å²) in [4.78, 5) is 19.9. The molecule has 3 heterocycles. The minimum absolute atomic E-state index is 0.0882. The highest BCUT2D eigenvalue weighted by Gasteiger charge is 2.62. The number of benzene rings is 1. The van der Waals surface area contributed by atoms with Crippen LogP contribution in [0.2, 0.25) is 0 Å². The highest BCUT2D eigenvalue weighted by Crippen LogP contribution is 2.59. The predicted octanol–water partition coefficient (Wildman–Crippen LogP) is 2.42. The number of nitrogens with zero attached hydrogens (tertiary/aromatic N) is 2. The van der Waals surface area contributed by atoms with Crippen molar-refractivity contribution in [2.75, 3.05) is 19.6 Å². The second-order valence-corrected chi connectivity index (χ2v) is 8.37. The predicted molar refractivity (Wildman–Crippen MR) is 103 cm³/mol. The summed E-state index contributed by atoms with van der Waals surface area (Å²) in [6.07, 6.45) is 2.88. The minimum atomic E-state index is -1.64. The van der Waals surface area contributed by atoms with Gasteiger partial charge in [0.25, 0.3) is 0 Å². The van der Waals surface area contributed by atoms with Crippen molar-refractivity contribution in [3.05, 3.63) is 53.6 Å². The van der Waals surface area contributed by atoms with E-state index in [0.717, 1.165) is 18.3 Å². The number of nitrogens with two attached hydrogens (primary N) is 1. The molecule has 0 bridgehead atoms. The van der Waals surface area contributed by atoms with E-state index < -0.39 is 23.1 Å². The normalized spacial score (nSPS) is 19.0. The largest absolute Gasteiger partial charge is 0.385 e. The number of amides is 1. The van der Waals surface area contributed by atoms with Gasteiger partial charge in [-0.3, -0.25) is 4.79 Å². The van der Waals surface area contributed by atoms with Gasteiger partial charge in [-0.2, -0.15) is 0 Å². The van der Waals surface area contributed by atoms with Crippen LogP contribution in [0.3, 0.4) is 0 Å². The van der Waals surface area contributed by atoms with Crippen LogP contribution in [0.25, 0.3) is 22.2 Å². The molecule has 30 heavy (non-hydrogen) atoms. The molecule has 1 amide bonds. The Morgan fingerprint density at radius 2 is 1.87 bits per heavy atom. The van der Waals surface area contributed by atoms with Crippen molar-refractivity contribution >= 4 is 16.9 Å². The third kappa shape index (κ3) is 2.65. The number of fused-ring (bicyclic) bond motifs is 1. The third-order valence-corrected chi connectivity index (χ3v) is 6.26. The number of likely N-dealkylation sites (tertiary alicyclic amines) is 1. The maximum absolute atomic E-state index is 15.0. The quantitative estimate of drug-likeness (QED) is 0.611. The van der Waals surface area contributed by atoms with Gasteiger partial charge < -0.3 is 20.7 Å². The number of H-pyrrole nitrogens is 1. The molecule has 1 aliphatic heterocycles. The van der Waals surface area contributed by atoms with Crippen LogP contribution in [0.1, 0.15) is 18.4 Å². The number of hydrogen-bond acceptors (Lipinski definition) is 4. The number of aromatic amines is 1. The van der Waals surface area contributed by atoms with E-state index in [9.17, 15) is 23.1 Å². The molecule has 3 aromatic rings. The first-order chi connectivity index (χ1) is 14.3. The van der Waals surface area contributed by atoms with Gasteiger partial charge in [-0.25, -0.2) is 18.2 Å². The van der Waals surface area contributed by atoms with Crippen LogP contribution in [0, 0.1) is 22.9 Å². The molecule has 0 unspecified atom stereocenters. The maximum atomic E-state index is 15.0. The summed E-state index contributed by atoms with van der Waals surface area (Å²) < 4.78 is 44.1. The molecule has 0 radical (unpaired) electrons. The molecule has 6 nitrogen and oxygen atoms in total. The topological polar surface area (TPSA) is 95.2 Å². The Bertz CT molecular complexity index is 1160. The summed E-state index contributed by atoms with van der Waals surface area (Å²) in [6, 6.07) is 3.69. The molecule has 1 aliphatic carbocycles. The first-order valence-electron chi connectivity index (χ1n) is 9.57. The fraction of sp³-hybridized carbons (Fsp3) is 0.333. The summed E-state index contributed by atoms with van der Waals surface area (Å²) in [7, 11) is 0. The molecule has 5 rings (SSSR count). The molecule has 1 saturated carbocycles. The monoisotopic (exact) mass is 416 g/mol. The second kappa shape index (κ2) is 6.29. The van der Waals surface area contributed by atoms with Crippen LogP contribution >= 0.6 is 0 Å². The standard InChI is InChI=1S/C21H19F3N4O2/c22-13-3-11(12-1-2-26-19-17(12)15(24)6-27-19)4-14(23)18(13)21(30)7-20(8-21)9-28(10-20)16(29)5-25/h1-4,6,30H,5,7-10,25H2,(H,26,27). The van der Waals surface area contributed by atoms with Crippen molar-refractivity contribution < 1.29 is 23.1 Å². The van der Waals surface area contributed by atoms with E-state index in [1.165, 1.54) is 12.3 Å². The van der Waals surface area contributed by atoms with Crippen LogP contribution in [-0.2, 0) is 10.4 Å². The number of halogens is 3. The van der Waals surface area contributed by atoms with Gasteiger partial charge in [0.2, 0.25) is 5.91 Å². The van der Waals surface area contributed by atoms with Crippen LogP contribution in [0.5, 0.6) is 0 Å². The van der Waals surface area contributed by atoms with Crippen molar-refractivity contribution in [3.8, 4) is 11.1 Å². The summed E-state index contributed by atoms with van der Waals surface area (Å²) in [5, 5.41) is 11.0. The molecule has 2 aliphatic rings. The minimum Gasteiger partial charge on any atom is -0.385 e. The zero-order valence-corrected chi connectivity index (χ0v) is 15.9. The lowest BCUT2D eigenvalue weighted by Crippen LogP contribution is -2.68. The molecule has 2 aromatic heterocycles. The molecule has 156 valence electrons. The third-order valence-electron chi connectivity index (χ3n) is 6.26. The van der Waals surface area contributed by atoms with Gasteiger partial charge in [-0.1, -0.05) is 0 Å². The number of pyridine rings is 1. The van der Waals surface area contributed by atoms with E-state index in [4.69, 9.17) is 5.73 Å². The van der Waals surface area contributed by atoms with Gasteiger partial charge in [0.05, 0.1) is 23.1 Å². The average molecular weight is 416 g/mol. The average Bonchev–Trinajstić information content (AvgIpc) is 3.04. The maximum Gasteiger partial charge on any atom is 0.236 e. The smallest absolute Gasteiger partial charge is 0.236 e. The summed E-state index contributed by atoms with van der Waals surface area (Å²) in [5.74, 6) is -2.53. The van der Waals surface area contributed by atoms with Crippen molar-refractivity contribution in [2.45, 2.75) is 18.4 Å². The second-order valence-electron chi connectivity index (χ2n) is 8.37. The van der Waals surface area contributed by atoms with Crippen molar-refractivity contribution in [3.63, 3.8) is 0 Å². The zero-order chi connectivity index (χ0) is 21.3. The number of aliphatic hydroxyl groups is 1. The molecule has 1 spiro atoms. The van der Waals surface area contributed by atoms with E-state index in [0.29, 0.717) is 18.7 Å². The molecular weight excluding hydrogens is 397 g/mol. The Labute approximate surface area is 169 Å². The number of hydrogen-bond donors (Lipinski definition) is 3. The molecule has 0 atom stereocenters. The Hall–Kier alpha value is -2.91. The molecule has 1 aromatic carbocycles. The Kier molecular flexibility index (Phi) is 4.00. The van der Waals surface area contributed by atoms with Crippen LogP contribution < -0.4 is 5.73 Å². The van der Waals surface area contributed by atoms with Crippen LogP contribution in [0.15, 0.2) is 30.6 Å². The lowest BCUT2D eigenvalue weighted by molar-refractivity contribution is -0.201. The number of nitrogens with one attached hydrogen (secondary N) is 1. The van der Waals surface area contributed by atoms with Crippen LogP contribution in [0.4, 0.5) is 13.2 Å². The Balaban J connectivity index is 1.45. The molecule has 4 N–H and O–H groups in total. The first-order valence-corrected chi connectivity index (χ1v) is 9.57. The Morgan fingerprint density at radius 1 is 1.20 bits per heavy atom. The van der Waals surface area contributed by atoms with Crippen molar-refractivity contribution in [1.29, 1.82) is 0 Å². The SMILES string of the molecule is NCC(=O)N1CC2(C1)CC(O)(c1c(F)cc(-c3ccnc4[nH]cc(F)c34)cc1F)C2. The van der Waals surface area contributed by atoms with Gasteiger partial charge >= 0.3 is 0 Å².